The Labute approximate surface area is 107 Å². The summed E-state index contributed by atoms with van der Waals surface area (Å²) in [4.78, 5) is 22.4. The zero-order valence-electron chi connectivity index (χ0n) is 10.4. The predicted molar refractivity (Wildman–Crippen MR) is 66.8 cm³/mol. The van der Waals surface area contributed by atoms with E-state index in [9.17, 15) is 18.0 Å². The molecule has 1 atom stereocenters. The van der Waals surface area contributed by atoms with E-state index < -0.39 is 9.84 Å². The van der Waals surface area contributed by atoms with Crippen molar-refractivity contribution < 1.29 is 18.0 Å². The molecule has 0 saturated carbocycles. The van der Waals surface area contributed by atoms with Crippen molar-refractivity contribution in [1.29, 1.82) is 0 Å². The van der Waals surface area contributed by atoms with E-state index in [2.05, 4.69) is 16.0 Å². The molecule has 0 aliphatic carbocycles. The molecule has 7 nitrogen and oxygen atoms in total. The highest BCUT2D eigenvalue weighted by molar-refractivity contribution is 7.91. The van der Waals surface area contributed by atoms with Gasteiger partial charge in [-0.3, -0.25) is 9.59 Å². The first kappa shape index (κ1) is 14.9. The minimum absolute atomic E-state index is 0.00410. The van der Waals surface area contributed by atoms with Crippen LogP contribution < -0.4 is 16.0 Å². The second-order valence-corrected chi connectivity index (χ2v) is 6.47. The van der Waals surface area contributed by atoms with Gasteiger partial charge in [0.05, 0.1) is 11.5 Å². The number of amides is 2. The molecular weight excluding hydrogens is 258 g/mol. The number of sulfone groups is 1. The molecule has 1 rings (SSSR count). The molecule has 1 heterocycles. The van der Waals surface area contributed by atoms with Crippen molar-refractivity contribution in [3.8, 4) is 0 Å². The summed E-state index contributed by atoms with van der Waals surface area (Å²) in [5, 5.41) is 8.03. The van der Waals surface area contributed by atoms with Crippen LogP contribution in [-0.4, -0.2) is 57.9 Å². The predicted octanol–water partition coefficient (Wildman–Crippen LogP) is -1.98. The molecule has 0 bridgehead atoms. The first-order valence-corrected chi connectivity index (χ1v) is 7.66. The molecule has 0 aromatic rings. The smallest absolute Gasteiger partial charge is 0.221 e. The van der Waals surface area contributed by atoms with Crippen LogP contribution >= 0.6 is 0 Å². The average Bonchev–Trinajstić information content (AvgIpc) is 2.27. The van der Waals surface area contributed by atoms with E-state index in [0.717, 1.165) is 0 Å². The largest absolute Gasteiger partial charge is 0.359 e. The monoisotopic (exact) mass is 277 g/mol. The highest BCUT2D eigenvalue weighted by atomic mass is 32.2. The molecule has 0 aromatic heterocycles. The van der Waals surface area contributed by atoms with Crippen molar-refractivity contribution in [2.75, 3.05) is 31.6 Å². The van der Waals surface area contributed by atoms with E-state index >= 15 is 0 Å². The van der Waals surface area contributed by atoms with Gasteiger partial charge >= 0.3 is 0 Å². The molecule has 8 heteroatoms. The molecule has 0 radical (unpaired) electrons. The zero-order chi connectivity index (χ0) is 13.6. The van der Waals surface area contributed by atoms with Crippen LogP contribution in [0.1, 0.15) is 12.8 Å². The Morgan fingerprint density at radius 1 is 1.33 bits per heavy atom. The average molecular weight is 277 g/mol. The molecule has 0 aromatic carbocycles. The molecule has 18 heavy (non-hydrogen) atoms. The van der Waals surface area contributed by atoms with Gasteiger partial charge in [0, 0.05) is 39.0 Å². The second-order valence-electron chi connectivity index (χ2n) is 4.24. The number of nitrogens with one attached hydrogen (secondary N) is 3. The summed E-state index contributed by atoms with van der Waals surface area (Å²) in [6, 6.07) is -0.330. The summed E-state index contributed by atoms with van der Waals surface area (Å²) in [6.45, 7) is 0.649. The highest BCUT2D eigenvalue weighted by Crippen LogP contribution is 2.04. The third-order valence-electron chi connectivity index (χ3n) is 2.69. The third-order valence-corrected chi connectivity index (χ3v) is 4.42. The van der Waals surface area contributed by atoms with Crippen LogP contribution in [0, 0.1) is 0 Å². The Morgan fingerprint density at radius 3 is 2.67 bits per heavy atom. The number of hydrogen-bond donors (Lipinski definition) is 3. The maximum absolute atomic E-state index is 11.5. The van der Waals surface area contributed by atoms with Crippen molar-refractivity contribution in [3.05, 3.63) is 0 Å². The van der Waals surface area contributed by atoms with Gasteiger partial charge in [-0.15, -0.1) is 0 Å². The minimum Gasteiger partial charge on any atom is -0.359 e. The van der Waals surface area contributed by atoms with Gasteiger partial charge < -0.3 is 16.0 Å². The van der Waals surface area contributed by atoms with Crippen molar-refractivity contribution in [2.45, 2.75) is 18.9 Å². The van der Waals surface area contributed by atoms with E-state index in [0.29, 0.717) is 6.54 Å². The van der Waals surface area contributed by atoms with Gasteiger partial charge in [0.25, 0.3) is 0 Å². The van der Waals surface area contributed by atoms with Gasteiger partial charge in [0.1, 0.15) is 0 Å². The third kappa shape index (κ3) is 5.46. The summed E-state index contributed by atoms with van der Waals surface area (Å²) in [5.74, 6) is -0.264. The van der Waals surface area contributed by atoms with E-state index in [1.807, 2.05) is 0 Å². The molecule has 104 valence electrons. The zero-order valence-corrected chi connectivity index (χ0v) is 11.2. The lowest BCUT2D eigenvalue weighted by Gasteiger charge is -2.23. The number of carbonyl (C=O) groups is 2. The van der Waals surface area contributed by atoms with Gasteiger partial charge in [0.2, 0.25) is 11.8 Å². The van der Waals surface area contributed by atoms with Gasteiger partial charge in [0.15, 0.2) is 9.84 Å². The first-order chi connectivity index (χ1) is 8.43. The van der Waals surface area contributed by atoms with E-state index in [1.165, 1.54) is 7.05 Å². The lowest BCUT2D eigenvalue weighted by Crippen LogP contribution is -2.47. The fraction of sp³-hybridized carbons (Fsp3) is 0.800. The number of rotatable bonds is 5. The van der Waals surface area contributed by atoms with Crippen molar-refractivity contribution in [3.63, 3.8) is 0 Å². The molecule has 0 spiro atoms. The molecule has 2 amide bonds. The molecule has 1 unspecified atom stereocenters. The number of hydrogen-bond acceptors (Lipinski definition) is 5. The van der Waals surface area contributed by atoms with E-state index in [4.69, 9.17) is 0 Å². The summed E-state index contributed by atoms with van der Waals surface area (Å²) < 4.78 is 22.7. The molecule has 1 aliphatic heterocycles. The van der Waals surface area contributed by atoms with Crippen LogP contribution in [0.4, 0.5) is 0 Å². The Balaban J connectivity index is 2.26. The van der Waals surface area contributed by atoms with Crippen molar-refractivity contribution in [2.24, 2.45) is 0 Å². The second kappa shape index (κ2) is 6.69. The van der Waals surface area contributed by atoms with E-state index in [-0.39, 0.29) is 48.7 Å². The lowest BCUT2D eigenvalue weighted by molar-refractivity contribution is -0.122. The standard InChI is InChI=1S/C10H19N3O4S/c1-11-9(14)2-3-13-10(15)6-8-7-18(16,17)5-4-12-8/h8,12H,2-7H2,1H3,(H,11,14)(H,13,15). The Bertz CT molecular complexity index is 407. The highest BCUT2D eigenvalue weighted by Gasteiger charge is 2.25. The normalized spacial score (nSPS) is 22.2. The van der Waals surface area contributed by atoms with Crippen LogP contribution in [0.3, 0.4) is 0 Å². The topological polar surface area (TPSA) is 104 Å². The minimum atomic E-state index is -3.02. The van der Waals surface area contributed by atoms with Crippen LogP contribution in [-0.2, 0) is 19.4 Å². The van der Waals surface area contributed by atoms with Gasteiger partial charge in [-0.05, 0) is 0 Å². The van der Waals surface area contributed by atoms with Crippen LogP contribution in [0.15, 0.2) is 0 Å². The van der Waals surface area contributed by atoms with Crippen LogP contribution in [0.5, 0.6) is 0 Å². The van der Waals surface area contributed by atoms with Crippen LogP contribution in [0.25, 0.3) is 0 Å². The quantitative estimate of drug-likeness (QED) is 0.540. The van der Waals surface area contributed by atoms with E-state index in [1.54, 1.807) is 0 Å². The van der Waals surface area contributed by atoms with Gasteiger partial charge in [-0.25, -0.2) is 8.42 Å². The SMILES string of the molecule is CNC(=O)CCNC(=O)CC1CS(=O)(=O)CCN1. The Kier molecular flexibility index (Phi) is 5.54. The fourth-order valence-corrected chi connectivity index (χ4v) is 3.18. The van der Waals surface area contributed by atoms with Crippen molar-refractivity contribution in [1.82, 2.24) is 16.0 Å². The first-order valence-electron chi connectivity index (χ1n) is 5.84. The Hall–Kier alpha value is -1.15. The number of carbonyl (C=O) groups excluding carboxylic acids is 2. The molecule has 1 fully saturated rings. The molecule has 3 N–H and O–H groups in total. The van der Waals surface area contributed by atoms with Gasteiger partial charge in [-0.2, -0.15) is 0 Å². The maximum Gasteiger partial charge on any atom is 0.221 e. The molecule has 1 saturated heterocycles. The van der Waals surface area contributed by atoms with Gasteiger partial charge in [-0.1, -0.05) is 0 Å². The summed E-state index contributed by atoms with van der Waals surface area (Å²) in [6.07, 6.45) is 0.339. The Morgan fingerprint density at radius 2 is 2.06 bits per heavy atom. The fourth-order valence-electron chi connectivity index (χ4n) is 1.73. The summed E-state index contributed by atoms with van der Waals surface area (Å²) >= 11 is 0. The maximum atomic E-state index is 11.5. The van der Waals surface area contributed by atoms with Crippen LogP contribution in [0.2, 0.25) is 0 Å². The molecular formula is C10H19N3O4S. The summed E-state index contributed by atoms with van der Waals surface area (Å²) in [7, 11) is -1.49. The molecule has 1 aliphatic rings. The van der Waals surface area contributed by atoms with Crippen molar-refractivity contribution >= 4 is 21.7 Å². The lowest BCUT2D eigenvalue weighted by atomic mass is 10.2. The summed E-state index contributed by atoms with van der Waals surface area (Å²) in [5.41, 5.74) is 0.